The first-order chi connectivity index (χ1) is 14.1. The first kappa shape index (κ1) is 18.7. The number of fused-ring (bicyclic) bond motifs is 1. The normalized spacial score (nSPS) is 10.9. The van der Waals surface area contributed by atoms with Crippen molar-refractivity contribution < 1.29 is 18.4 Å². The third-order valence-electron chi connectivity index (χ3n) is 4.74. The molecule has 0 aliphatic carbocycles. The van der Waals surface area contributed by atoms with Crippen molar-refractivity contribution in [3.63, 3.8) is 0 Å². The van der Waals surface area contributed by atoms with E-state index in [2.05, 4.69) is 5.16 Å². The van der Waals surface area contributed by atoms with Crippen LogP contribution in [-0.4, -0.2) is 30.1 Å². The molecule has 5 nitrogen and oxygen atoms in total. The SMILES string of the molecule is COc1ccc(CN(C)C(=O)c2ccc3noc(-c4ccccc4)c3c2)cc1F. The predicted octanol–water partition coefficient (Wildman–Crippen LogP) is 4.91. The number of amides is 1. The van der Waals surface area contributed by atoms with Crippen LogP contribution in [-0.2, 0) is 6.54 Å². The van der Waals surface area contributed by atoms with Gasteiger partial charge in [-0.25, -0.2) is 4.39 Å². The second kappa shape index (κ2) is 7.75. The fraction of sp³-hybridized carbons (Fsp3) is 0.130. The standard InChI is InChI=1S/C23H19FN2O3/c1-26(14-15-8-11-21(28-2)19(24)12-15)23(27)17-9-10-20-18(13-17)22(29-25-20)16-6-4-3-5-7-16/h3-13H,14H2,1-2H3. The van der Waals surface area contributed by atoms with Gasteiger partial charge in [-0.05, 0) is 35.9 Å². The molecule has 146 valence electrons. The van der Waals surface area contributed by atoms with Crippen molar-refractivity contribution in [3.05, 3.63) is 83.7 Å². The summed E-state index contributed by atoms with van der Waals surface area (Å²) in [6.07, 6.45) is 0. The largest absolute Gasteiger partial charge is 0.494 e. The zero-order valence-corrected chi connectivity index (χ0v) is 16.1. The minimum atomic E-state index is -0.454. The van der Waals surface area contributed by atoms with Gasteiger partial charge < -0.3 is 14.2 Å². The molecule has 0 aliphatic heterocycles. The van der Waals surface area contributed by atoms with Crippen LogP contribution in [0.4, 0.5) is 4.39 Å². The number of carbonyl (C=O) groups is 1. The molecule has 1 aromatic heterocycles. The first-order valence-corrected chi connectivity index (χ1v) is 9.09. The summed E-state index contributed by atoms with van der Waals surface area (Å²) >= 11 is 0. The van der Waals surface area contributed by atoms with Crippen molar-refractivity contribution in [1.29, 1.82) is 0 Å². The summed E-state index contributed by atoms with van der Waals surface area (Å²) in [7, 11) is 3.10. The summed E-state index contributed by atoms with van der Waals surface area (Å²) in [5.74, 6) is 0.164. The second-order valence-corrected chi connectivity index (χ2v) is 6.74. The van der Waals surface area contributed by atoms with Gasteiger partial charge in [0.25, 0.3) is 5.91 Å². The molecule has 0 atom stereocenters. The van der Waals surface area contributed by atoms with Crippen molar-refractivity contribution in [1.82, 2.24) is 10.1 Å². The molecule has 29 heavy (non-hydrogen) atoms. The van der Waals surface area contributed by atoms with Gasteiger partial charge in [0.05, 0.1) is 12.5 Å². The molecule has 0 spiro atoms. The van der Waals surface area contributed by atoms with E-state index in [4.69, 9.17) is 9.26 Å². The Balaban J connectivity index is 1.60. The zero-order valence-electron chi connectivity index (χ0n) is 16.1. The van der Waals surface area contributed by atoms with E-state index in [9.17, 15) is 9.18 Å². The molecule has 0 fully saturated rings. The average molecular weight is 390 g/mol. The van der Waals surface area contributed by atoms with E-state index in [0.29, 0.717) is 22.4 Å². The summed E-state index contributed by atoms with van der Waals surface area (Å²) in [6.45, 7) is 0.271. The Labute approximate surface area is 167 Å². The van der Waals surface area contributed by atoms with Crippen LogP contribution in [0.5, 0.6) is 5.75 Å². The third-order valence-corrected chi connectivity index (χ3v) is 4.74. The monoisotopic (exact) mass is 390 g/mol. The Kier molecular flexibility index (Phi) is 4.99. The van der Waals surface area contributed by atoms with Crippen molar-refractivity contribution in [2.75, 3.05) is 14.2 Å². The number of aromatic nitrogens is 1. The van der Waals surface area contributed by atoms with Crippen LogP contribution in [0.2, 0.25) is 0 Å². The highest BCUT2D eigenvalue weighted by atomic mass is 19.1. The molecule has 0 radical (unpaired) electrons. The number of hydrogen-bond acceptors (Lipinski definition) is 4. The molecule has 0 unspecified atom stereocenters. The van der Waals surface area contributed by atoms with E-state index in [0.717, 1.165) is 10.9 Å². The van der Waals surface area contributed by atoms with Gasteiger partial charge >= 0.3 is 0 Å². The summed E-state index contributed by atoms with van der Waals surface area (Å²) < 4.78 is 24.4. The van der Waals surface area contributed by atoms with Crippen molar-refractivity contribution in [2.24, 2.45) is 0 Å². The van der Waals surface area contributed by atoms with Gasteiger partial charge in [-0.15, -0.1) is 0 Å². The lowest BCUT2D eigenvalue weighted by Gasteiger charge is -2.18. The fourth-order valence-electron chi connectivity index (χ4n) is 3.25. The van der Waals surface area contributed by atoms with E-state index in [1.165, 1.54) is 18.1 Å². The number of nitrogens with zero attached hydrogens (tertiary/aromatic N) is 2. The second-order valence-electron chi connectivity index (χ2n) is 6.74. The Hall–Kier alpha value is -3.67. The predicted molar refractivity (Wildman–Crippen MR) is 108 cm³/mol. The number of rotatable bonds is 5. The van der Waals surface area contributed by atoms with Crippen LogP contribution in [0.25, 0.3) is 22.2 Å². The van der Waals surface area contributed by atoms with Crippen LogP contribution < -0.4 is 4.74 Å². The highest BCUT2D eigenvalue weighted by molar-refractivity contribution is 6.00. The third kappa shape index (κ3) is 3.69. The van der Waals surface area contributed by atoms with Gasteiger partial charge in [0, 0.05) is 24.7 Å². The molecule has 0 aliphatic rings. The van der Waals surface area contributed by atoms with Gasteiger partial charge in [-0.2, -0.15) is 0 Å². The maximum absolute atomic E-state index is 13.9. The van der Waals surface area contributed by atoms with E-state index < -0.39 is 5.82 Å². The zero-order chi connectivity index (χ0) is 20.4. The molecule has 4 aromatic rings. The Bertz CT molecular complexity index is 1170. The van der Waals surface area contributed by atoms with E-state index in [1.807, 2.05) is 30.3 Å². The van der Waals surface area contributed by atoms with Gasteiger partial charge in [0.1, 0.15) is 5.52 Å². The molecule has 1 amide bonds. The minimum absolute atomic E-state index is 0.175. The molecule has 0 saturated heterocycles. The van der Waals surface area contributed by atoms with Crippen LogP contribution >= 0.6 is 0 Å². The first-order valence-electron chi connectivity index (χ1n) is 9.09. The number of benzene rings is 3. The van der Waals surface area contributed by atoms with Crippen LogP contribution in [0.1, 0.15) is 15.9 Å². The van der Waals surface area contributed by atoms with Crippen molar-refractivity contribution in [2.45, 2.75) is 6.54 Å². The Morgan fingerprint density at radius 2 is 1.90 bits per heavy atom. The van der Waals surface area contributed by atoms with Crippen LogP contribution in [0, 0.1) is 5.82 Å². The topological polar surface area (TPSA) is 55.6 Å². The molecular weight excluding hydrogens is 371 g/mol. The molecule has 4 rings (SSSR count). The van der Waals surface area contributed by atoms with Gasteiger partial charge in [-0.1, -0.05) is 41.6 Å². The number of halogens is 1. The maximum Gasteiger partial charge on any atom is 0.253 e. The summed E-state index contributed by atoms with van der Waals surface area (Å²) in [4.78, 5) is 14.5. The lowest BCUT2D eigenvalue weighted by atomic mass is 10.1. The molecule has 0 saturated carbocycles. The Morgan fingerprint density at radius 1 is 1.10 bits per heavy atom. The number of ether oxygens (including phenoxy) is 1. The van der Waals surface area contributed by atoms with E-state index in [-0.39, 0.29) is 18.2 Å². The Morgan fingerprint density at radius 3 is 2.62 bits per heavy atom. The molecular formula is C23H19FN2O3. The number of carbonyl (C=O) groups excluding carboxylic acids is 1. The highest BCUT2D eigenvalue weighted by Crippen LogP contribution is 2.29. The molecule has 6 heteroatoms. The van der Waals surface area contributed by atoms with Gasteiger partial charge in [0.2, 0.25) is 0 Å². The van der Waals surface area contributed by atoms with Crippen molar-refractivity contribution in [3.8, 4) is 17.1 Å². The van der Waals surface area contributed by atoms with Gasteiger partial charge in [0.15, 0.2) is 17.3 Å². The smallest absolute Gasteiger partial charge is 0.253 e. The average Bonchev–Trinajstić information content (AvgIpc) is 3.17. The lowest BCUT2D eigenvalue weighted by molar-refractivity contribution is 0.0785. The van der Waals surface area contributed by atoms with Crippen LogP contribution in [0.15, 0.2) is 71.3 Å². The molecule has 0 bridgehead atoms. The van der Waals surface area contributed by atoms with E-state index in [1.54, 1.807) is 37.4 Å². The van der Waals surface area contributed by atoms with Crippen LogP contribution in [0.3, 0.4) is 0 Å². The lowest BCUT2D eigenvalue weighted by Crippen LogP contribution is -2.26. The molecule has 1 heterocycles. The van der Waals surface area contributed by atoms with Gasteiger partial charge in [-0.3, -0.25) is 4.79 Å². The quantitative estimate of drug-likeness (QED) is 0.486. The molecule has 0 N–H and O–H groups in total. The number of hydrogen-bond donors (Lipinski definition) is 0. The fourth-order valence-corrected chi connectivity index (χ4v) is 3.25. The number of methoxy groups -OCH3 is 1. The van der Waals surface area contributed by atoms with Crippen molar-refractivity contribution >= 4 is 16.8 Å². The minimum Gasteiger partial charge on any atom is -0.494 e. The summed E-state index contributed by atoms with van der Waals surface area (Å²) in [5, 5.41) is 4.85. The highest BCUT2D eigenvalue weighted by Gasteiger charge is 2.17. The maximum atomic E-state index is 13.9. The molecule has 3 aromatic carbocycles. The summed E-state index contributed by atoms with van der Waals surface area (Å²) in [5.41, 5.74) is 2.76. The summed E-state index contributed by atoms with van der Waals surface area (Å²) in [6, 6.07) is 19.5. The van der Waals surface area contributed by atoms with E-state index >= 15 is 0 Å².